The second-order valence-corrected chi connectivity index (χ2v) is 16.0. The van der Waals surface area contributed by atoms with E-state index in [4.69, 9.17) is 4.74 Å². The molecular weight excluding hydrogens is 629 g/mol. The fourth-order valence-corrected chi connectivity index (χ4v) is 10.8. The molecule has 1 aromatic heterocycles. The number of nitrogens with one attached hydrogen (secondary N) is 1. The summed E-state index contributed by atoms with van der Waals surface area (Å²) >= 11 is 0. The van der Waals surface area contributed by atoms with Crippen molar-refractivity contribution in [2.45, 2.75) is 89.4 Å². The van der Waals surface area contributed by atoms with E-state index in [9.17, 15) is 29.4 Å². The number of hydrogen-bond donors (Lipinski definition) is 3. The molecule has 6 aliphatic rings. The van der Waals surface area contributed by atoms with Crippen LogP contribution in [0.15, 0.2) is 34.8 Å². The van der Waals surface area contributed by atoms with Crippen molar-refractivity contribution in [3.8, 4) is 0 Å². The van der Waals surface area contributed by atoms with Crippen LogP contribution in [-0.2, 0) is 14.3 Å². The molecule has 262 valence electrons. The Labute approximate surface area is 284 Å². The van der Waals surface area contributed by atoms with Gasteiger partial charge in [-0.25, -0.2) is 9.18 Å². The standard InChI is InChI=1S/C38H46FN3O7/c1-36-9-7-23(43)15-21(36)3-6-24-27-8-10-38(48,37(27,2)18-31(44)33(24)36)32(45)20-49-35(47)26-19-42(22-4-5-22)29-17-30(41-13-11-40-12-14-41)28(39)16-25(29)34(26)46/h15-17,19,22,24,27,31,33,40,44,48H,3-14,18,20H2,1-2H3/t24-,27-,31+,33+,36-,37-,38-/m0/s1. The number of halogens is 1. The highest BCUT2D eigenvalue weighted by Crippen LogP contribution is 2.67. The lowest BCUT2D eigenvalue weighted by atomic mass is 9.45. The van der Waals surface area contributed by atoms with Gasteiger partial charge in [-0.2, -0.15) is 0 Å². The minimum absolute atomic E-state index is 0.0197. The molecule has 0 radical (unpaired) electrons. The van der Waals surface area contributed by atoms with Gasteiger partial charge in [0.15, 0.2) is 12.4 Å². The van der Waals surface area contributed by atoms with Crippen LogP contribution in [-0.4, -0.2) is 76.8 Å². The Morgan fingerprint density at radius 1 is 1.06 bits per heavy atom. The predicted octanol–water partition coefficient (Wildman–Crippen LogP) is 3.84. The molecule has 3 N–H and O–H groups in total. The van der Waals surface area contributed by atoms with Crippen LogP contribution >= 0.6 is 0 Å². The van der Waals surface area contributed by atoms with E-state index in [1.165, 1.54) is 12.3 Å². The first-order valence-corrected chi connectivity index (χ1v) is 18.0. The van der Waals surface area contributed by atoms with Crippen molar-refractivity contribution in [1.29, 1.82) is 0 Å². The molecule has 0 spiro atoms. The topological polar surface area (TPSA) is 138 Å². The van der Waals surface area contributed by atoms with Crippen molar-refractivity contribution < 1.29 is 33.7 Å². The number of aromatic nitrogens is 1. The number of allylic oxidation sites excluding steroid dienone is 1. The van der Waals surface area contributed by atoms with Crippen LogP contribution in [0.25, 0.3) is 10.9 Å². The zero-order valence-corrected chi connectivity index (χ0v) is 28.3. The van der Waals surface area contributed by atoms with E-state index >= 15 is 4.39 Å². The number of pyridine rings is 1. The van der Waals surface area contributed by atoms with Crippen molar-refractivity contribution in [2.24, 2.45) is 28.6 Å². The molecule has 0 bridgehead atoms. The molecule has 7 atom stereocenters. The molecule has 0 unspecified atom stereocenters. The fraction of sp³-hybridized carbons (Fsp3) is 0.632. The molecule has 1 saturated heterocycles. The number of benzene rings is 1. The number of anilines is 1. The minimum Gasteiger partial charge on any atom is -0.454 e. The molecule has 1 aromatic carbocycles. The second kappa shape index (κ2) is 11.6. The number of esters is 1. The van der Waals surface area contributed by atoms with Gasteiger partial charge in [0.05, 0.1) is 17.3 Å². The largest absolute Gasteiger partial charge is 0.454 e. The first-order valence-electron chi connectivity index (χ1n) is 18.0. The number of ether oxygens (including phenoxy) is 1. The average Bonchev–Trinajstić information content (AvgIpc) is 3.88. The highest BCUT2D eigenvalue weighted by molar-refractivity contribution is 5.97. The SMILES string of the molecule is C[C@]12CCC(=O)C=C1CC[C@@H]1[C@@H]2[C@H](O)C[C@@]2(C)[C@H]1CC[C@]2(O)C(=O)COC(=O)c1cn(C2CC2)c2cc(N3CCNCC3)c(F)cc2c1=O. The Morgan fingerprint density at radius 2 is 1.82 bits per heavy atom. The van der Waals surface area contributed by atoms with Gasteiger partial charge in [0, 0.05) is 55.6 Å². The lowest BCUT2D eigenvalue weighted by Gasteiger charge is -2.60. The summed E-state index contributed by atoms with van der Waals surface area (Å²) in [5.74, 6) is -2.02. The Balaban J connectivity index is 1.03. The number of rotatable bonds is 6. The maximum absolute atomic E-state index is 15.4. The van der Waals surface area contributed by atoms with E-state index in [2.05, 4.69) is 12.2 Å². The highest BCUT2D eigenvalue weighted by atomic mass is 19.1. The summed E-state index contributed by atoms with van der Waals surface area (Å²) in [5, 5.41) is 27.1. The highest BCUT2D eigenvalue weighted by Gasteiger charge is 2.68. The average molecular weight is 676 g/mol. The number of carbonyl (C=O) groups excluding carboxylic acids is 3. The zero-order chi connectivity index (χ0) is 34.5. The number of aliphatic hydroxyl groups excluding tert-OH is 1. The van der Waals surface area contributed by atoms with Crippen LogP contribution < -0.4 is 15.6 Å². The number of hydrogen-bond acceptors (Lipinski definition) is 9. The number of carbonyl (C=O) groups is 3. The van der Waals surface area contributed by atoms with Crippen molar-refractivity contribution in [2.75, 3.05) is 37.7 Å². The fourth-order valence-electron chi connectivity index (χ4n) is 10.8. The van der Waals surface area contributed by atoms with Crippen LogP contribution in [0.3, 0.4) is 0 Å². The van der Waals surface area contributed by atoms with E-state index < -0.39 is 46.7 Å². The van der Waals surface area contributed by atoms with Gasteiger partial charge in [-0.15, -0.1) is 0 Å². The van der Waals surface area contributed by atoms with Gasteiger partial charge < -0.3 is 29.7 Å². The number of fused-ring (bicyclic) bond motifs is 6. The molecular formula is C38H46FN3O7. The van der Waals surface area contributed by atoms with Crippen molar-refractivity contribution >= 4 is 34.1 Å². The molecule has 5 fully saturated rings. The Morgan fingerprint density at radius 3 is 2.55 bits per heavy atom. The third-order valence-corrected chi connectivity index (χ3v) is 13.6. The number of piperazine rings is 1. The lowest BCUT2D eigenvalue weighted by molar-refractivity contribution is -0.182. The summed E-state index contributed by atoms with van der Waals surface area (Å²) in [7, 11) is 0. The Hall–Kier alpha value is -3.41. The van der Waals surface area contributed by atoms with Gasteiger partial charge in [0.1, 0.15) is 17.0 Å². The van der Waals surface area contributed by atoms with Crippen molar-refractivity contribution in [1.82, 2.24) is 9.88 Å². The molecule has 8 rings (SSSR count). The normalized spacial score (nSPS) is 35.7. The minimum atomic E-state index is -1.81. The van der Waals surface area contributed by atoms with Gasteiger partial charge in [0.2, 0.25) is 11.2 Å². The molecule has 5 aliphatic carbocycles. The summed E-state index contributed by atoms with van der Waals surface area (Å²) in [5.41, 5.74) is -1.88. The predicted molar refractivity (Wildman–Crippen MR) is 180 cm³/mol. The van der Waals surface area contributed by atoms with Gasteiger partial charge in [-0.1, -0.05) is 19.4 Å². The maximum atomic E-state index is 15.4. The smallest absolute Gasteiger partial charge is 0.344 e. The van der Waals surface area contributed by atoms with Gasteiger partial charge in [-0.05, 0) is 92.7 Å². The quantitative estimate of drug-likeness (QED) is 0.390. The molecule has 10 nitrogen and oxygen atoms in total. The summed E-state index contributed by atoms with van der Waals surface area (Å²) < 4.78 is 22.8. The first kappa shape index (κ1) is 32.8. The van der Waals surface area contributed by atoms with Crippen molar-refractivity contribution in [3.63, 3.8) is 0 Å². The van der Waals surface area contributed by atoms with E-state index in [1.807, 2.05) is 16.4 Å². The molecule has 2 heterocycles. The van der Waals surface area contributed by atoms with Crippen molar-refractivity contribution in [3.05, 3.63) is 51.6 Å². The summed E-state index contributed by atoms with van der Waals surface area (Å²) in [4.78, 5) is 55.2. The van der Waals surface area contributed by atoms with Crippen LogP contribution in [0.5, 0.6) is 0 Å². The van der Waals surface area contributed by atoms with Crippen LogP contribution in [0.2, 0.25) is 0 Å². The zero-order valence-electron chi connectivity index (χ0n) is 28.3. The number of Topliss-reactive ketones (excluding diaryl/α,β-unsaturated/α-hetero) is 1. The van der Waals surface area contributed by atoms with Gasteiger partial charge in [0.25, 0.3) is 0 Å². The maximum Gasteiger partial charge on any atom is 0.344 e. The van der Waals surface area contributed by atoms with Gasteiger partial charge >= 0.3 is 5.97 Å². The molecule has 0 amide bonds. The third-order valence-electron chi connectivity index (χ3n) is 13.6. The van der Waals surface area contributed by atoms with E-state index in [1.54, 1.807) is 12.1 Å². The molecule has 1 aliphatic heterocycles. The molecule has 4 saturated carbocycles. The molecule has 2 aromatic rings. The number of aliphatic hydroxyl groups is 2. The third kappa shape index (κ3) is 4.97. The summed E-state index contributed by atoms with van der Waals surface area (Å²) in [6.07, 6.45) is 7.93. The molecule has 49 heavy (non-hydrogen) atoms. The van der Waals surface area contributed by atoms with E-state index in [-0.39, 0.29) is 58.8 Å². The van der Waals surface area contributed by atoms with E-state index in [0.717, 1.165) is 44.3 Å². The summed E-state index contributed by atoms with van der Waals surface area (Å²) in [6, 6.07) is 2.97. The Bertz CT molecular complexity index is 1850. The number of ketones is 2. The Kier molecular flexibility index (Phi) is 7.74. The monoisotopic (exact) mass is 675 g/mol. The number of nitrogens with zero attached hydrogens (tertiary/aromatic N) is 2. The molecule has 11 heteroatoms. The summed E-state index contributed by atoms with van der Waals surface area (Å²) in [6.45, 7) is 6.06. The lowest BCUT2D eigenvalue weighted by Crippen LogP contribution is -2.62. The van der Waals surface area contributed by atoms with Crippen LogP contribution in [0, 0.1) is 34.4 Å². The van der Waals surface area contributed by atoms with Crippen LogP contribution in [0.1, 0.15) is 88.0 Å². The van der Waals surface area contributed by atoms with Crippen LogP contribution in [0.4, 0.5) is 10.1 Å². The van der Waals surface area contributed by atoms with Gasteiger partial charge in [-0.3, -0.25) is 14.4 Å². The first-order chi connectivity index (χ1) is 23.4. The second-order valence-electron chi connectivity index (χ2n) is 16.0. The van der Waals surface area contributed by atoms with E-state index in [0.29, 0.717) is 43.6 Å².